The zero-order chi connectivity index (χ0) is 90.7. The molecular formula is C128H92N8. The molecule has 644 valence electrons. The average Bonchev–Trinajstić information content (AvgIpc) is 1.50. The molecule has 8 nitrogen and oxygen atoms in total. The summed E-state index contributed by atoms with van der Waals surface area (Å²) >= 11 is 0. The Bertz CT molecular complexity index is 9130. The fraction of sp³-hybridized carbons (Fsp3) is 0.0625. The van der Waals surface area contributed by atoms with E-state index >= 15 is 0 Å². The van der Waals surface area contributed by atoms with Crippen molar-refractivity contribution in [3.63, 3.8) is 0 Å². The minimum Gasteiger partial charge on any atom is -0.313 e. The van der Waals surface area contributed by atoms with Crippen LogP contribution in [0.3, 0.4) is 0 Å². The lowest BCUT2D eigenvalue weighted by atomic mass is 9.91. The van der Waals surface area contributed by atoms with Gasteiger partial charge in [-0.15, -0.1) is 0 Å². The smallest absolute Gasteiger partial charge is 0.0613 e. The van der Waals surface area contributed by atoms with Crippen molar-refractivity contribution in [2.24, 2.45) is 0 Å². The molecule has 0 aliphatic heterocycles. The lowest BCUT2D eigenvalue weighted by Crippen LogP contribution is -2.10. The third kappa shape index (κ3) is 11.6. The van der Waals surface area contributed by atoms with Crippen LogP contribution in [-0.2, 0) is 0 Å². The Balaban J connectivity index is 0.000000139. The number of para-hydroxylation sites is 6. The number of hydrogen-bond acceptors (Lipinski definition) is 2. The number of fused-ring (bicyclic) bond motifs is 16. The van der Waals surface area contributed by atoms with Crippen molar-refractivity contribution in [1.29, 1.82) is 0 Å². The van der Waals surface area contributed by atoms with Crippen LogP contribution >= 0.6 is 0 Å². The Morgan fingerprint density at radius 2 is 0.360 bits per heavy atom. The third-order valence-corrected chi connectivity index (χ3v) is 30.3. The number of aryl methyl sites for hydroxylation is 4. The average molecular weight is 1740 g/mol. The third-order valence-electron chi connectivity index (χ3n) is 30.3. The number of nitrogens with zero attached hydrogens (tertiary/aromatic N) is 8. The Labute approximate surface area is 786 Å². The highest BCUT2D eigenvalue weighted by Crippen LogP contribution is 2.51. The van der Waals surface area contributed by atoms with Crippen molar-refractivity contribution < 1.29 is 0 Å². The van der Waals surface area contributed by atoms with Crippen LogP contribution < -0.4 is 9.80 Å². The standard InChI is InChI=1S/C68H50N4.C60H42N4/c1-43-45(3)69(55-29-33-57(34-30-55)71(53-19-7-5-8-20-53)59-27-23-47-15-11-13-17-49(47)39-59)67-61-37-26-52-42-64-44(2)46(4)70(68(64)62-38-25-51(41-63(43)67)65(61)66(52)62)56-31-35-58(36-32-56)72(54-21-9-6-10-22-54)60-28-24-48-16-12-14-18-50(48)40-60;1-35-37(3)61(41-23-27-43(28-24-41)63-53-17-9-5-13-45(53)46-14-6-10-18-54(46)63)59-49-31-22-40-34-52-36(2)38(4)62(60(52)50-32-21-39(33-51(35)59)57(49)58(40)50)42-25-29-44(30-26-42)64-55-19-11-7-15-47(55)48-16-8-12-20-56(48)64/h5-42H,1-4H3;5-34H,1-4H3. The highest BCUT2D eigenvalue weighted by Gasteiger charge is 2.29. The summed E-state index contributed by atoms with van der Waals surface area (Å²) in [5, 5.41) is 30.7. The van der Waals surface area contributed by atoms with Crippen molar-refractivity contribution in [2.45, 2.75) is 55.4 Å². The summed E-state index contributed by atoms with van der Waals surface area (Å²) in [4.78, 5) is 4.71. The summed E-state index contributed by atoms with van der Waals surface area (Å²) in [6.07, 6.45) is 0. The van der Waals surface area contributed by atoms with E-state index in [0.29, 0.717) is 0 Å². The van der Waals surface area contributed by atoms with Crippen LogP contribution in [0, 0.1) is 55.4 Å². The van der Waals surface area contributed by atoms with Gasteiger partial charge in [0.2, 0.25) is 0 Å². The molecule has 0 saturated heterocycles. The summed E-state index contributed by atoms with van der Waals surface area (Å²) in [5.74, 6) is 0. The second kappa shape index (κ2) is 30.2. The predicted octanol–water partition coefficient (Wildman–Crippen LogP) is 34.9. The molecule has 0 atom stereocenters. The molecule has 6 aromatic heterocycles. The van der Waals surface area contributed by atoms with Gasteiger partial charge in [-0.3, -0.25) is 0 Å². The first-order valence-electron chi connectivity index (χ1n) is 47.4. The first kappa shape index (κ1) is 78.6. The SMILES string of the molecule is Cc1c(C)n(-c2ccc(-n3c4ccccc4c4ccccc43)cc2)c2c1cc1ccc3c4c(ccc2c14)cc1c(C)c(C)n(-c2ccc(-n4c5ccccc5c5ccccc54)cc2)c13.Cc1c(C)n(-c2ccc(N(c3ccccc3)c3ccc4ccccc4c3)cc2)c2c1cc1ccc3c4c(ccc2c14)cc1c(C)c(C)n(-c2ccc(N(c4ccccc4)c4ccc5ccccc5c4)cc2)c13. The van der Waals surface area contributed by atoms with E-state index in [9.17, 15) is 0 Å². The number of aromatic nitrogens is 6. The molecule has 0 aliphatic carbocycles. The molecular weight excluding hydrogens is 1650 g/mol. The molecule has 8 heteroatoms. The van der Waals surface area contributed by atoms with E-state index in [1.54, 1.807) is 0 Å². The number of hydrogen-bond donors (Lipinski definition) is 0. The van der Waals surface area contributed by atoms with E-state index in [1.807, 2.05) is 0 Å². The Morgan fingerprint density at radius 3 is 0.640 bits per heavy atom. The van der Waals surface area contributed by atoms with Gasteiger partial charge in [0.25, 0.3) is 0 Å². The van der Waals surface area contributed by atoms with Crippen LogP contribution in [0.4, 0.5) is 34.1 Å². The second-order valence-electron chi connectivity index (χ2n) is 37.3. The quantitative estimate of drug-likeness (QED) is 0.114. The van der Waals surface area contributed by atoms with Crippen molar-refractivity contribution in [3.8, 4) is 34.1 Å². The minimum atomic E-state index is 1.11. The van der Waals surface area contributed by atoms with E-state index < -0.39 is 0 Å². The highest BCUT2D eigenvalue weighted by atomic mass is 15.2. The monoisotopic (exact) mass is 1740 g/mol. The van der Waals surface area contributed by atoms with Crippen molar-refractivity contribution in [2.75, 3.05) is 9.80 Å². The molecule has 0 saturated carbocycles. The molecule has 0 spiro atoms. The molecule has 0 aliphatic rings. The van der Waals surface area contributed by atoms with Crippen LogP contribution in [-0.4, -0.2) is 27.4 Å². The minimum absolute atomic E-state index is 1.11. The first-order valence-corrected chi connectivity index (χ1v) is 47.4. The normalized spacial score (nSPS) is 12.1. The maximum absolute atomic E-state index is 2.50. The number of benzene rings is 22. The topological polar surface area (TPSA) is 36.1 Å². The fourth-order valence-electron chi connectivity index (χ4n) is 23.4. The van der Waals surface area contributed by atoms with Gasteiger partial charge in [-0.2, -0.15) is 0 Å². The fourth-order valence-corrected chi connectivity index (χ4v) is 23.4. The Hall–Kier alpha value is -17.2. The zero-order valence-electron chi connectivity index (χ0n) is 76.8. The molecule has 0 bridgehead atoms. The molecule has 136 heavy (non-hydrogen) atoms. The van der Waals surface area contributed by atoms with Crippen LogP contribution in [0.1, 0.15) is 45.0 Å². The van der Waals surface area contributed by atoms with Gasteiger partial charge < -0.3 is 37.2 Å². The van der Waals surface area contributed by atoms with Crippen LogP contribution in [0.15, 0.2) is 413 Å². The summed E-state index contributed by atoms with van der Waals surface area (Å²) in [7, 11) is 0. The van der Waals surface area contributed by atoms with Gasteiger partial charge in [0, 0.05) is 156 Å². The summed E-state index contributed by atoms with van der Waals surface area (Å²) in [6.45, 7) is 18.2. The van der Waals surface area contributed by atoms with Crippen molar-refractivity contribution >= 4 is 208 Å². The lowest BCUT2D eigenvalue weighted by molar-refractivity contribution is 1.04. The largest absolute Gasteiger partial charge is 0.313 e. The maximum Gasteiger partial charge on any atom is 0.0613 e. The predicted molar refractivity (Wildman–Crippen MR) is 579 cm³/mol. The Kier molecular flexibility index (Phi) is 17.4. The van der Waals surface area contributed by atoms with Crippen LogP contribution in [0.25, 0.3) is 208 Å². The van der Waals surface area contributed by atoms with Gasteiger partial charge in [-0.25, -0.2) is 0 Å². The van der Waals surface area contributed by atoms with Gasteiger partial charge in [0.15, 0.2) is 0 Å². The van der Waals surface area contributed by atoms with Crippen molar-refractivity contribution in [3.05, 3.63) is 458 Å². The van der Waals surface area contributed by atoms with Gasteiger partial charge in [0.05, 0.1) is 44.1 Å². The summed E-state index contributed by atoms with van der Waals surface area (Å²) < 4.78 is 14.8. The lowest BCUT2D eigenvalue weighted by Gasteiger charge is -2.26. The van der Waals surface area contributed by atoms with Gasteiger partial charge in [0.1, 0.15) is 0 Å². The first-order chi connectivity index (χ1) is 66.8. The van der Waals surface area contributed by atoms with Gasteiger partial charge in [-0.05, 0) is 336 Å². The van der Waals surface area contributed by atoms with E-state index in [2.05, 4.69) is 505 Å². The molecule has 0 unspecified atom stereocenters. The molecule has 28 rings (SSSR count). The molecule has 0 amide bonds. The Morgan fingerprint density at radius 1 is 0.147 bits per heavy atom. The van der Waals surface area contributed by atoms with E-state index in [4.69, 9.17) is 0 Å². The molecule has 22 aromatic carbocycles. The molecule has 28 aromatic rings. The van der Waals surface area contributed by atoms with Gasteiger partial charge >= 0.3 is 0 Å². The van der Waals surface area contributed by atoms with E-state index in [-0.39, 0.29) is 0 Å². The van der Waals surface area contributed by atoms with Gasteiger partial charge in [-0.1, -0.05) is 218 Å². The molecule has 6 heterocycles. The second-order valence-corrected chi connectivity index (χ2v) is 37.3. The van der Waals surface area contributed by atoms with Crippen LogP contribution in [0.2, 0.25) is 0 Å². The number of anilines is 6. The molecule has 0 fully saturated rings. The molecule has 0 radical (unpaired) electrons. The van der Waals surface area contributed by atoms with Crippen molar-refractivity contribution in [1.82, 2.24) is 27.4 Å². The molecule has 0 N–H and O–H groups in total. The van der Waals surface area contributed by atoms with E-state index in [0.717, 1.165) is 56.9 Å². The number of rotatable bonds is 12. The highest BCUT2D eigenvalue weighted by molar-refractivity contribution is 6.35. The zero-order valence-corrected chi connectivity index (χ0v) is 76.8. The van der Waals surface area contributed by atoms with Crippen LogP contribution in [0.5, 0.6) is 0 Å². The maximum atomic E-state index is 2.50. The summed E-state index contributed by atoms with van der Waals surface area (Å²) in [5.41, 5.74) is 33.9. The van der Waals surface area contributed by atoms with E-state index in [1.165, 1.54) is 230 Å². The summed E-state index contributed by atoms with van der Waals surface area (Å²) in [6, 6.07) is 152.